The molecule has 0 radical (unpaired) electrons. The van der Waals surface area contributed by atoms with Gasteiger partial charge >= 0.3 is 0 Å². The van der Waals surface area contributed by atoms with Crippen molar-refractivity contribution >= 4 is 33.6 Å². The second kappa shape index (κ2) is 10.5. The molecule has 3 aromatic carbocycles. The molecule has 2 atom stereocenters. The molecule has 3 aromatic rings. The van der Waals surface area contributed by atoms with E-state index in [1.807, 2.05) is 72.8 Å². The number of hydrogen-bond donors (Lipinski definition) is 1. The first-order valence-electron chi connectivity index (χ1n) is 12.2. The first-order valence-corrected chi connectivity index (χ1v) is 13.0. The predicted octanol–water partition coefficient (Wildman–Crippen LogP) is 4.60. The number of carbonyl (C=O) groups excluding carboxylic acids is 2. The fourth-order valence-electron chi connectivity index (χ4n) is 4.82. The third-order valence-corrected chi connectivity index (χ3v) is 7.21. The number of imide groups is 1. The molecule has 0 spiro atoms. The van der Waals surface area contributed by atoms with Gasteiger partial charge in [0, 0.05) is 42.0 Å². The normalized spacial score (nSPS) is 20.4. The number of amides is 2. The van der Waals surface area contributed by atoms with Crippen LogP contribution in [0.2, 0.25) is 0 Å². The average Bonchev–Trinajstić information content (AvgIpc) is 3.25. The monoisotopic (exact) mass is 562 g/mol. The molecule has 0 fully saturated rings. The second-order valence-electron chi connectivity index (χ2n) is 9.20. The zero-order chi connectivity index (χ0) is 26.0. The molecule has 2 amide bonds. The molecule has 0 aromatic heterocycles. The van der Waals surface area contributed by atoms with E-state index in [1.165, 1.54) is 11.8 Å². The van der Waals surface area contributed by atoms with Crippen LogP contribution >= 0.6 is 15.9 Å². The molecule has 1 N–H and O–H groups in total. The van der Waals surface area contributed by atoms with Crippen LogP contribution < -0.4 is 4.74 Å². The van der Waals surface area contributed by atoms with Gasteiger partial charge in [-0.1, -0.05) is 52.3 Å². The van der Waals surface area contributed by atoms with Crippen molar-refractivity contribution in [1.82, 2.24) is 4.90 Å². The summed E-state index contributed by atoms with van der Waals surface area (Å²) in [6.07, 6.45) is 0.124. The van der Waals surface area contributed by atoms with E-state index in [0.29, 0.717) is 30.2 Å². The van der Waals surface area contributed by atoms with E-state index in [-0.39, 0.29) is 31.4 Å². The highest BCUT2D eigenvalue weighted by molar-refractivity contribution is 9.10. The highest BCUT2D eigenvalue weighted by Gasteiger charge is 2.57. The molecular formula is C29H27BrN2O5. The van der Waals surface area contributed by atoms with Crippen LogP contribution in [0, 0.1) is 0 Å². The van der Waals surface area contributed by atoms with Crippen LogP contribution in [-0.4, -0.2) is 46.5 Å². The van der Waals surface area contributed by atoms with Crippen LogP contribution in [0.25, 0.3) is 0 Å². The number of fused-ring (bicyclic) bond motifs is 3. The molecule has 0 aliphatic carbocycles. The minimum Gasteiger partial charge on any atom is -0.494 e. The quantitative estimate of drug-likeness (QED) is 0.425. The summed E-state index contributed by atoms with van der Waals surface area (Å²) in [5.41, 5.74) is 1.97. The maximum atomic E-state index is 14.2. The molecule has 0 unspecified atom stereocenters. The van der Waals surface area contributed by atoms with Gasteiger partial charge in [-0.2, -0.15) is 0 Å². The van der Waals surface area contributed by atoms with Gasteiger partial charge in [-0.3, -0.25) is 14.5 Å². The number of ether oxygens (including phenoxy) is 2. The van der Waals surface area contributed by atoms with Crippen molar-refractivity contribution in [1.29, 1.82) is 0 Å². The SMILES string of the molecule is CC(=O)N1Cc2ccccc2[C@H]2OC(c3ccc(OCCCO)cc3)=N[C@@]2(Cc2ccc(Br)cc2)C1=O. The summed E-state index contributed by atoms with van der Waals surface area (Å²) in [5.74, 6) is 0.308. The summed E-state index contributed by atoms with van der Waals surface area (Å²) in [4.78, 5) is 33.1. The Morgan fingerprint density at radius 1 is 1.14 bits per heavy atom. The Morgan fingerprint density at radius 3 is 2.57 bits per heavy atom. The summed E-state index contributed by atoms with van der Waals surface area (Å²) in [5, 5.41) is 8.97. The van der Waals surface area contributed by atoms with E-state index >= 15 is 0 Å². The topological polar surface area (TPSA) is 88.4 Å². The Morgan fingerprint density at radius 2 is 1.86 bits per heavy atom. The number of nitrogens with zero attached hydrogens (tertiary/aromatic N) is 2. The highest BCUT2D eigenvalue weighted by Crippen LogP contribution is 2.46. The van der Waals surface area contributed by atoms with Crippen molar-refractivity contribution in [3.05, 3.63) is 99.5 Å². The molecular weight excluding hydrogens is 536 g/mol. The van der Waals surface area contributed by atoms with E-state index in [2.05, 4.69) is 15.9 Å². The zero-order valence-corrected chi connectivity index (χ0v) is 22.0. The molecule has 0 saturated carbocycles. The number of rotatable bonds is 7. The Hall–Kier alpha value is -3.49. The van der Waals surface area contributed by atoms with E-state index < -0.39 is 11.6 Å². The van der Waals surface area contributed by atoms with Gasteiger partial charge < -0.3 is 14.6 Å². The molecule has 2 aliphatic rings. The summed E-state index contributed by atoms with van der Waals surface area (Å²) in [6.45, 7) is 2.07. The van der Waals surface area contributed by atoms with E-state index in [9.17, 15) is 9.59 Å². The Balaban J connectivity index is 1.60. The molecule has 2 aliphatic heterocycles. The van der Waals surface area contributed by atoms with Crippen molar-refractivity contribution in [2.24, 2.45) is 4.99 Å². The Labute approximate surface area is 223 Å². The lowest BCUT2D eigenvalue weighted by atomic mass is 9.81. The second-order valence-corrected chi connectivity index (χ2v) is 10.1. The van der Waals surface area contributed by atoms with Crippen molar-refractivity contribution in [2.45, 2.75) is 38.0 Å². The number of aliphatic hydroxyl groups excluding tert-OH is 1. The van der Waals surface area contributed by atoms with Crippen LogP contribution in [0.5, 0.6) is 5.75 Å². The molecule has 190 valence electrons. The maximum absolute atomic E-state index is 14.2. The molecule has 37 heavy (non-hydrogen) atoms. The van der Waals surface area contributed by atoms with Gasteiger partial charge in [0.05, 0.1) is 13.2 Å². The minimum atomic E-state index is -1.35. The fraction of sp³-hybridized carbons (Fsp3) is 0.276. The zero-order valence-electron chi connectivity index (χ0n) is 20.4. The lowest BCUT2D eigenvalue weighted by molar-refractivity contribution is -0.149. The fourth-order valence-corrected chi connectivity index (χ4v) is 5.09. The van der Waals surface area contributed by atoms with Crippen LogP contribution in [0.3, 0.4) is 0 Å². The van der Waals surface area contributed by atoms with Crippen LogP contribution in [0.4, 0.5) is 0 Å². The highest BCUT2D eigenvalue weighted by atomic mass is 79.9. The number of benzene rings is 3. The van der Waals surface area contributed by atoms with E-state index in [1.54, 1.807) is 0 Å². The smallest absolute Gasteiger partial charge is 0.262 e. The molecule has 0 bridgehead atoms. The molecule has 5 rings (SSSR count). The standard InChI is InChI=1S/C29H27BrN2O5/c1-19(34)32-18-22-5-2-3-6-25(22)26-29(28(32)35,17-20-7-11-23(30)12-8-20)31-27(37-26)21-9-13-24(14-10-21)36-16-4-15-33/h2-3,5-14,26,33H,4,15-18H2,1H3/t26-,29-/m1/s1. The number of halogens is 1. The van der Waals surface area contributed by atoms with E-state index in [0.717, 1.165) is 21.2 Å². The largest absolute Gasteiger partial charge is 0.494 e. The third kappa shape index (κ3) is 4.91. The first-order chi connectivity index (χ1) is 17.9. The van der Waals surface area contributed by atoms with Crippen molar-refractivity contribution in [3.8, 4) is 5.75 Å². The summed E-state index contributed by atoms with van der Waals surface area (Å²) in [6, 6.07) is 22.7. The van der Waals surface area contributed by atoms with Crippen LogP contribution in [0.15, 0.2) is 82.3 Å². The number of hydrogen-bond acceptors (Lipinski definition) is 6. The van der Waals surface area contributed by atoms with Gasteiger partial charge in [0.2, 0.25) is 11.8 Å². The average molecular weight is 563 g/mol. The molecule has 0 saturated heterocycles. The van der Waals surface area contributed by atoms with Crippen molar-refractivity contribution in [3.63, 3.8) is 0 Å². The summed E-state index contributed by atoms with van der Waals surface area (Å²) >= 11 is 3.47. The number of carbonyl (C=O) groups is 2. The molecule has 8 heteroatoms. The maximum Gasteiger partial charge on any atom is 0.262 e. The van der Waals surface area contributed by atoms with Crippen molar-refractivity contribution in [2.75, 3.05) is 13.2 Å². The third-order valence-electron chi connectivity index (χ3n) is 6.69. The summed E-state index contributed by atoms with van der Waals surface area (Å²) < 4.78 is 13.1. The van der Waals surface area contributed by atoms with Crippen LogP contribution in [0.1, 0.15) is 41.7 Å². The first kappa shape index (κ1) is 25.2. The van der Waals surface area contributed by atoms with Gasteiger partial charge in [-0.25, -0.2) is 4.99 Å². The Kier molecular flexibility index (Phi) is 7.13. The van der Waals surface area contributed by atoms with Crippen molar-refractivity contribution < 1.29 is 24.2 Å². The predicted molar refractivity (Wildman–Crippen MR) is 142 cm³/mol. The number of aliphatic imine (C=N–C) groups is 1. The van der Waals surface area contributed by atoms with Gasteiger partial charge in [0.25, 0.3) is 5.91 Å². The van der Waals surface area contributed by atoms with Gasteiger partial charge in [-0.15, -0.1) is 0 Å². The summed E-state index contributed by atoms with van der Waals surface area (Å²) in [7, 11) is 0. The molecule has 2 heterocycles. The lowest BCUT2D eigenvalue weighted by Gasteiger charge is -2.31. The Bertz CT molecular complexity index is 1340. The van der Waals surface area contributed by atoms with Gasteiger partial charge in [-0.05, 0) is 47.5 Å². The minimum absolute atomic E-state index is 0.0668. The van der Waals surface area contributed by atoms with Crippen LogP contribution in [-0.2, 0) is 27.3 Å². The van der Waals surface area contributed by atoms with Gasteiger partial charge in [0.15, 0.2) is 11.6 Å². The lowest BCUT2D eigenvalue weighted by Crippen LogP contribution is -2.51. The van der Waals surface area contributed by atoms with Gasteiger partial charge in [0.1, 0.15) is 5.75 Å². The van der Waals surface area contributed by atoms with E-state index in [4.69, 9.17) is 19.6 Å². The molecule has 7 nitrogen and oxygen atoms in total. The number of aliphatic hydroxyl groups is 1.